The molecule has 0 fully saturated rings. The van der Waals surface area contributed by atoms with Crippen LogP contribution in [0.3, 0.4) is 0 Å². The highest BCUT2D eigenvalue weighted by Crippen LogP contribution is 2.22. The first-order valence-electron chi connectivity index (χ1n) is 7.22. The predicted octanol–water partition coefficient (Wildman–Crippen LogP) is 5.27. The van der Waals surface area contributed by atoms with Crippen molar-refractivity contribution in [3.05, 3.63) is 62.3 Å². The van der Waals surface area contributed by atoms with Crippen molar-refractivity contribution in [1.82, 2.24) is 4.57 Å². The number of thiazole rings is 1. The monoisotopic (exact) mass is 408 g/mol. The summed E-state index contributed by atoms with van der Waals surface area (Å²) in [5, 5.41) is 0.606. The molecule has 3 aromatic rings. The van der Waals surface area contributed by atoms with E-state index in [2.05, 4.69) is 44.5 Å². The number of amides is 1. The lowest BCUT2D eigenvalue weighted by molar-refractivity contribution is 0.0998. The summed E-state index contributed by atoms with van der Waals surface area (Å²) >= 11 is 10.9. The van der Waals surface area contributed by atoms with E-state index in [4.69, 9.17) is 11.6 Å². The summed E-state index contributed by atoms with van der Waals surface area (Å²) in [4.78, 5) is 17.5. The Morgan fingerprint density at radius 2 is 2.00 bits per heavy atom. The Labute approximate surface area is 151 Å². The van der Waals surface area contributed by atoms with Crippen LogP contribution in [-0.2, 0) is 6.54 Å². The third-order valence-corrected chi connectivity index (χ3v) is 5.17. The summed E-state index contributed by atoms with van der Waals surface area (Å²) in [5.74, 6) is -0.253. The molecular weight excluding hydrogens is 396 g/mol. The highest BCUT2D eigenvalue weighted by atomic mass is 79.9. The number of aromatic nitrogens is 1. The van der Waals surface area contributed by atoms with Gasteiger partial charge in [0.1, 0.15) is 0 Å². The summed E-state index contributed by atoms with van der Waals surface area (Å²) in [6, 6.07) is 12.9. The summed E-state index contributed by atoms with van der Waals surface area (Å²) in [6.45, 7) is 2.94. The number of aryl methyl sites for hydroxylation is 1. The quantitative estimate of drug-likeness (QED) is 0.580. The Balaban J connectivity index is 2.12. The molecule has 0 saturated heterocycles. The molecule has 3 nitrogen and oxygen atoms in total. The van der Waals surface area contributed by atoms with Crippen LogP contribution in [0.5, 0.6) is 0 Å². The number of carbonyl (C=O) groups is 1. The zero-order chi connectivity index (χ0) is 16.4. The van der Waals surface area contributed by atoms with E-state index in [0.717, 1.165) is 32.5 Å². The molecule has 6 heteroatoms. The first kappa shape index (κ1) is 16.4. The Morgan fingerprint density at radius 1 is 1.26 bits per heavy atom. The van der Waals surface area contributed by atoms with Gasteiger partial charge in [-0.05, 0) is 48.9 Å². The van der Waals surface area contributed by atoms with Crippen molar-refractivity contribution in [1.29, 1.82) is 0 Å². The van der Waals surface area contributed by atoms with Crippen molar-refractivity contribution in [3.8, 4) is 0 Å². The van der Waals surface area contributed by atoms with Crippen LogP contribution in [0.4, 0.5) is 0 Å². The van der Waals surface area contributed by atoms with E-state index in [0.29, 0.717) is 10.6 Å². The van der Waals surface area contributed by atoms with E-state index in [1.807, 2.05) is 6.07 Å². The number of nitrogens with zero attached hydrogens (tertiary/aromatic N) is 2. The molecule has 0 saturated carbocycles. The highest BCUT2D eigenvalue weighted by molar-refractivity contribution is 9.10. The molecule has 1 amide bonds. The molecular formula is C17H14BrClN2OS. The maximum atomic E-state index is 12.4. The Hall–Kier alpha value is -1.43. The second kappa shape index (κ2) is 6.99. The maximum absolute atomic E-state index is 12.4. The van der Waals surface area contributed by atoms with Crippen LogP contribution in [0.25, 0.3) is 10.2 Å². The molecule has 1 heterocycles. The minimum Gasteiger partial charge on any atom is -0.316 e. The third kappa shape index (κ3) is 3.57. The van der Waals surface area contributed by atoms with Crippen molar-refractivity contribution >= 4 is 55.0 Å². The lowest BCUT2D eigenvalue weighted by atomic mass is 10.2. The molecule has 0 atom stereocenters. The maximum Gasteiger partial charge on any atom is 0.279 e. The van der Waals surface area contributed by atoms with Gasteiger partial charge in [0.15, 0.2) is 4.80 Å². The fourth-order valence-corrected chi connectivity index (χ4v) is 4.05. The van der Waals surface area contributed by atoms with Crippen molar-refractivity contribution in [2.45, 2.75) is 19.9 Å². The average Bonchev–Trinajstić information content (AvgIpc) is 2.85. The van der Waals surface area contributed by atoms with Gasteiger partial charge in [0, 0.05) is 21.6 Å². The lowest BCUT2D eigenvalue weighted by Gasteiger charge is -2.02. The molecule has 0 N–H and O–H groups in total. The largest absolute Gasteiger partial charge is 0.316 e. The Bertz CT molecular complexity index is 928. The number of halogens is 2. The van der Waals surface area contributed by atoms with Gasteiger partial charge >= 0.3 is 0 Å². The van der Waals surface area contributed by atoms with Gasteiger partial charge in [-0.2, -0.15) is 4.99 Å². The lowest BCUT2D eigenvalue weighted by Crippen LogP contribution is -2.16. The number of fused-ring (bicyclic) bond motifs is 1. The Morgan fingerprint density at radius 3 is 2.70 bits per heavy atom. The zero-order valence-corrected chi connectivity index (χ0v) is 15.6. The first-order chi connectivity index (χ1) is 11.1. The number of hydrogen-bond acceptors (Lipinski definition) is 2. The van der Waals surface area contributed by atoms with Gasteiger partial charge < -0.3 is 4.57 Å². The number of hydrogen-bond donors (Lipinski definition) is 0. The second-order valence-electron chi connectivity index (χ2n) is 5.07. The zero-order valence-electron chi connectivity index (χ0n) is 12.4. The van der Waals surface area contributed by atoms with Crippen molar-refractivity contribution in [3.63, 3.8) is 0 Å². The van der Waals surface area contributed by atoms with Gasteiger partial charge in [-0.3, -0.25) is 4.79 Å². The van der Waals surface area contributed by atoms with Crippen LogP contribution in [0, 0.1) is 0 Å². The minimum absolute atomic E-state index is 0.253. The molecule has 0 aliphatic rings. The topological polar surface area (TPSA) is 34.4 Å². The second-order valence-corrected chi connectivity index (χ2v) is 7.43. The van der Waals surface area contributed by atoms with Crippen molar-refractivity contribution < 1.29 is 4.79 Å². The molecule has 0 aliphatic heterocycles. The minimum atomic E-state index is -0.253. The van der Waals surface area contributed by atoms with E-state index >= 15 is 0 Å². The summed E-state index contributed by atoms with van der Waals surface area (Å²) in [6.07, 6.45) is 0.976. The normalized spacial score (nSPS) is 12.0. The van der Waals surface area contributed by atoms with Crippen LogP contribution < -0.4 is 4.80 Å². The van der Waals surface area contributed by atoms with E-state index < -0.39 is 0 Å². The fraction of sp³-hybridized carbons (Fsp3) is 0.176. The fourth-order valence-electron chi connectivity index (χ4n) is 2.32. The molecule has 2 aromatic carbocycles. The molecule has 23 heavy (non-hydrogen) atoms. The van der Waals surface area contributed by atoms with Crippen LogP contribution in [0.2, 0.25) is 5.02 Å². The predicted molar refractivity (Wildman–Crippen MR) is 99.2 cm³/mol. The molecule has 0 radical (unpaired) electrons. The summed E-state index contributed by atoms with van der Waals surface area (Å²) < 4.78 is 4.22. The van der Waals surface area contributed by atoms with Gasteiger partial charge in [0.05, 0.1) is 10.2 Å². The van der Waals surface area contributed by atoms with E-state index in [-0.39, 0.29) is 5.91 Å². The average molecular weight is 410 g/mol. The summed E-state index contributed by atoms with van der Waals surface area (Å²) in [7, 11) is 0. The molecule has 0 bridgehead atoms. The van der Waals surface area contributed by atoms with Crippen LogP contribution in [0.15, 0.2) is 51.9 Å². The SMILES string of the molecule is CCCn1c(=NC(=O)c2ccc(Cl)cc2)sc2cc(Br)ccc21. The van der Waals surface area contributed by atoms with Gasteiger partial charge in [-0.25, -0.2) is 0 Å². The first-order valence-corrected chi connectivity index (χ1v) is 9.20. The highest BCUT2D eigenvalue weighted by Gasteiger charge is 2.09. The van der Waals surface area contributed by atoms with Crippen molar-refractivity contribution in [2.24, 2.45) is 4.99 Å². The molecule has 1 aromatic heterocycles. The van der Waals surface area contributed by atoms with Crippen molar-refractivity contribution in [2.75, 3.05) is 0 Å². The molecule has 0 unspecified atom stereocenters. The van der Waals surface area contributed by atoms with Crippen LogP contribution >= 0.6 is 38.9 Å². The van der Waals surface area contributed by atoms with E-state index in [1.54, 1.807) is 24.3 Å². The van der Waals surface area contributed by atoms with Crippen LogP contribution in [-0.4, -0.2) is 10.5 Å². The van der Waals surface area contributed by atoms with Gasteiger partial charge in [0.25, 0.3) is 5.91 Å². The van der Waals surface area contributed by atoms with Gasteiger partial charge in [0.2, 0.25) is 0 Å². The molecule has 3 rings (SSSR count). The third-order valence-electron chi connectivity index (χ3n) is 3.38. The molecule has 0 aliphatic carbocycles. The van der Waals surface area contributed by atoms with Crippen LogP contribution in [0.1, 0.15) is 23.7 Å². The van der Waals surface area contributed by atoms with E-state index in [1.165, 1.54) is 11.3 Å². The van der Waals surface area contributed by atoms with E-state index in [9.17, 15) is 4.79 Å². The molecule has 118 valence electrons. The number of carbonyl (C=O) groups excluding carboxylic acids is 1. The standard InChI is InChI=1S/C17H14BrClN2OS/c1-2-9-21-14-8-5-12(18)10-15(14)23-17(21)20-16(22)11-3-6-13(19)7-4-11/h3-8,10H,2,9H2,1H3. The smallest absolute Gasteiger partial charge is 0.279 e. The van der Waals surface area contributed by atoms with Gasteiger partial charge in [-0.15, -0.1) is 0 Å². The number of rotatable bonds is 3. The van der Waals surface area contributed by atoms with Gasteiger partial charge in [-0.1, -0.05) is 45.8 Å². The molecule has 0 spiro atoms. The number of benzene rings is 2. The summed E-state index contributed by atoms with van der Waals surface area (Å²) in [5.41, 5.74) is 1.64. The Kier molecular flexibility index (Phi) is 4.99.